The standard InChI is InChI=1S/C45H87NO12S/c1-3-5-7-8-9-10-11-12-13-14-15-16-17-18-19-20-21-22-23-24-25-26-27-28-29-30-32-34-39(49)44(52)46-37(38(48)33-31-6-4-2)36-56-45-42(51)43(58-59(53,54)55)41(50)40(35-47)57-45/h18-19,37-43,45,47-51H,3-17,20-36H2,1-2H3,(H,46,52)(H,53,54,55)/b19-18-. The summed E-state index contributed by atoms with van der Waals surface area (Å²) in [5.74, 6) is -0.680. The lowest BCUT2D eigenvalue weighted by molar-refractivity contribution is -0.298. The van der Waals surface area contributed by atoms with Crippen LogP contribution in [-0.2, 0) is 28.9 Å². The molecule has 1 amide bonds. The minimum atomic E-state index is -5.10. The highest BCUT2D eigenvalue weighted by atomic mass is 32.3. The number of hydrogen-bond acceptors (Lipinski definition) is 11. The molecule has 0 spiro atoms. The lowest BCUT2D eigenvalue weighted by Gasteiger charge is -2.41. The third-order valence-electron chi connectivity index (χ3n) is 11.4. The van der Waals surface area contributed by atoms with Gasteiger partial charge in [-0.25, -0.2) is 4.18 Å². The smallest absolute Gasteiger partial charge is 0.394 e. The Morgan fingerprint density at radius 1 is 0.661 bits per heavy atom. The highest BCUT2D eigenvalue weighted by molar-refractivity contribution is 7.80. The van der Waals surface area contributed by atoms with Crippen LogP contribution in [0.3, 0.4) is 0 Å². The molecule has 0 saturated carbocycles. The summed E-state index contributed by atoms with van der Waals surface area (Å²) in [5, 5.41) is 54.6. The molecule has 350 valence electrons. The zero-order valence-electron chi connectivity index (χ0n) is 36.9. The van der Waals surface area contributed by atoms with E-state index in [1.54, 1.807) is 0 Å². The predicted octanol–water partition coefficient (Wildman–Crippen LogP) is 8.14. The zero-order valence-corrected chi connectivity index (χ0v) is 37.8. The quantitative estimate of drug-likeness (QED) is 0.0177. The van der Waals surface area contributed by atoms with Gasteiger partial charge in [-0.3, -0.25) is 9.35 Å². The second kappa shape index (κ2) is 36.3. The molecule has 0 radical (unpaired) electrons. The van der Waals surface area contributed by atoms with Gasteiger partial charge in [0.2, 0.25) is 5.91 Å². The van der Waals surface area contributed by atoms with Gasteiger partial charge in [0.05, 0.1) is 25.4 Å². The van der Waals surface area contributed by atoms with E-state index < -0.39 is 78.5 Å². The fourth-order valence-electron chi connectivity index (χ4n) is 7.64. The minimum Gasteiger partial charge on any atom is -0.394 e. The average molecular weight is 866 g/mol. The summed E-state index contributed by atoms with van der Waals surface area (Å²) >= 11 is 0. The van der Waals surface area contributed by atoms with Crippen molar-refractivity contribution in [2.75, 3.05) is 13.2 Å². The largest absolute Gasteiger partial charge is 0.397 e. The van der Waals surface area contributed by atoms with Crippen molar-refractivity contribution < 1.29 is 57.0 Å². The van der Waals surface area contributed by atoms with Gasteiger partial charge in [-0.15, -0.1) is 0 Å². The van der Waals surface area contributed by atoms with E-state index in [9.17, 15) is 38.7 Å². The number of allylic oxidation sites excluding steroid dienone is 2. The summed E-state index contributed by atoms with van der Waals surface area (Å²) in [4.78, 5) is 12.9. The second-order valence-corrected chi connectivity index (χ2v) is 17.9. The van der Waals surface area contributed by atoms with Crippen molar-refractivity contribution in [2.24, 2.45) is 0 Å². The van der Waals surface area contributed by atoms with Crippen LogP contribution >= 0.6 is 0 Å². The molecule has 0 bridgehead atoms. The van der Waals surface area contributed by atoms with E-state index in [2.05, 4.69) is 28.6 Å². The number of ether oxygens (including phenoxy) is 2. The Balaban J connectivity index is 2.19. The molecule has 1 rings (SSSR count). The average Bonchev–Trinajstić information content (AvgIpc) is 3.20. The van der Waals surface area contributed by atoms with Crippen molar-refractivity contribution in [3.05, 3.63) is 12.2 Å². The van der Waals surface area contributed by atoms with Crippen LogP contribution in [0.5, 0.6) is 0 Å². The topological polar surface area (TPSA) is 212 Å². The third-order valence-corrected chi connectivity index (χ3v) is 11.9. The molecule has 7 N–H and O–H groups in total. The Kier molecular flexibility index (Phi) is 34.3. The summed E-state index contributed by atoms with van der Waals surface area (Å²) < 4.78 is 47.1. The van der Waals surface area contributed by atoms with Gasteiger partial charge in [-0.1, -0.05) is 180 Å². The maximum absolute atomic E-state index is 12.9. The first kappa shape index (κ1) is 55.8. The number of aliphatic hydroxyl groups excluding tert-OH is 5. The van der Waals surface area contributed by atoms with E-state index in [0.717, 1.165) is 32.1 Å². The van der Waals surface area contributed by atoms with E-state index in [4.69, 9.17) is 14.0 Å². The summed E-state index contributed by atoms with van der Waals surface area (Å²) in [6.45, 7) is 3.07. The van der Waals surface area contributed by atoms with E-state index in [-0.39, 0.29) is 6.42 Å². The van der Waals surface area contributed by atoms with Crippen LogP contribution < -0.4 is 5.32 Å². The van der Waals surface area contributed by atoms with Crippen molar-refractivity contribution in [1.82, 2.24) is 5.32 Å². The van der Waals surface area contributed by atoms with Crippen LogP contribution in [0.1, 0.15) is 206 Å². The first-order valence-corrected chi connectivity index (χ1v) is 25.0. The predicted molar refractivity (Wildman–Crippen MR) is 233 cm³/mol. The number of carbonyl (C=O) groups is 1. The third kappa shape index (κ3) is 28.9. The number of carbonyl (C=O) groups excluding carboxylic acids is 1. The molecule has 0 aromatic heterocycles. The zero-order chi connectivity index (χ0) is 43.6. The molecular weight excluding hydrogens is 779 g/mol. The molecule has 0 aliphatic carbocycles. The normalized spacial score (nSPS) is 21.5. The number of hydrogen-bond donors (Lipinski definition) is 7. The molecule has 0 aromatic carbocycles. The van der Waals surface area contributed by atoms with Gasteiger partial charge in [0, 0.05) is 0 Å². The Morgan fingerprint density at radius 2 is 1.08 bits per heavy atom. The molecule has 1 aliphatic rings. The van der Waals surface area contributed by atoms with Gasteiger partial charge in [0.25, 0.3) is 0 Å². The monoisotopic (exact) mass is 866 g/mol. The van der Waals surface area contributed by atoms with Crippen molar-refractivity contribution in [1.29, 1.82) is 0 Å². The maximum atomic E-state index is 12.9. The fraction of sp³-hybridized carbons (Fsp3) is 0.933. The van der Waals surface area contributed by atoms with Crippen molar-refractivity contribution in [2.45, 2.75) is 255 Å². The van der Waals surface area contributed by atoms with Crippen LogP contribution in [0, 0.1) is 0 Å². The first-order valence-electron chi connectivity index (χ1n) is 23.7. The summed E-state index contributed by atoms with van der Waals surface area (Å²) in [6, 6.07) is -1.03. The minimum absolute atomic E-state index is 0.259. The Morgan fingerprint density at radius 3 is 1.54 bits per heavy atom. The van der Waals surface area contributed by atoms with Crippen molar-refractivity contribution >= 4 is 16.3 Å². The van der Waals surface area contributed by atoms with Crippen molar-refractivity contribution in [3.8, 4) is 0 Å². The molecule has 8 unspecified atom stereocenters. The van der Waals surface area contributed by atoms with Crippen LogP contribution in [0.15, 0.2) is 12.2 Å². The van der Waals surface area contributed by atoms with Crippen molar-refractivity contribution in [3.63, 3.8) is 0 Å². The van der Waals surface area contributed by atoms with E-state index in [1.807, 2.05) is 6.92 Å². The molecule has 0 aromatic rings. The molecule has 8 atom stereocenters. The number of unbranched alkanes of at least 4 members (excludes halogenated alkanes) is 25. The Hall–Kier alpha value is -1.20. The summed E-state index contributed by atoms with van der Waals surface area (Å²) in [7, 11) is -5.10. The number of amides is 1. The molecular formula is C45H87NO12S. The Labute approximate surface area is 358 Å². The molecule has 1 saturated heterocycles. The van der Waals surface area contributed by atoms with E-state index in [1.165, 1.54) is 135 Å². The van der Waals surface area contributed by atoms with Crippen LogP contribution in [-0.4, -0.2) is 107 Å². The lowest BCUT2D eigenvalue weighted by atomic mass is 9.99. The summed E-state index contributed by atoms with van der Waals surface area (Å²) in [5.41, 5.74) is 0. The molecule has 1 heterocycles. The van der Waals surface area contributed by atoms with Gasteiger partial charge in [0.1, 0.15) is 30.5 Å². The van der Waals surface area contributed by atoms with Gasteiger partial charge in [0.15, 0.2) is 6.29 Å². The maximum Gasteiger partial charge on any atom is 0.397 e. The number of rotatable bonds is 40. The van der Waals surface area contributed by atoms with E-state index >= 15 is 0 Å². The van der Waals surface area contributed by atoms with Crippen LogP contribution in [0.25, 0.3) is 0 Å². The number of nitrogens with one attached hydrogen (secondary N) is 1. The molecule has 1 aliphatic heterocycles. The lowest BCUT2D eigenvalue weighted by Crippen LogP contribution is -2.61. The highest BCUT2D eigenvalue weighted by Crippen LogP contribution is 2.26. The van der Waals surface area contributed by atoms with Gasteiger partial charge < -0.3 is 40.3 Å². The molecule has 13 nitrogen and oxygen atoms in total. The fourth-order valence-corrected chi connectivity index (χ4v) is 8.15. The van der Waals surface area contributed by atoms with Gasteiger partial charge >= 0.3 is 10.4 Å². The SMILES string of the molecule is CCCCCCCCCCCCCC/C=C\CCCCCCCCCCCCCC(O)C(=O)NC(COC1OC(CO)C(O)C(OS(=O)(=O)O)C1O)C(O)CCCCC. The highest BCUT2D eigenvalue weighted by Gasteiger charge is 2.48. The van der Waals surface area contributed by atoms with Crippen LogP contribution in [0.4, 0.5) is 0 Å². The number of aliphatic hydroxyl groups is 5. The van der Waals surface area contributed by atoms with E-state index in [0.29, 0.717) is 19.3 Å². The molecule has 14 heteroatoms. The summed E-state index contributed by atoms with van der Waals surface area (Å²) in [6.07, 6.45) is 28.4. The first-order chi connectivity index (χ1) is 28.4. The Bertz CT molecular complexity index is 1130. The van der Waals surface area contributed by atoms with Gasteiger partial charge in [-0.2, -0.15) is 8.42 Å². The van der Waals surface area contributed by atoms with Crippen LogP contribution in [0.2, 0.25) is 0 Å². The molecule has 1 fully saturated rings. The molecule has 59 heavy (non-hydrogen) atoms. The van der Waals surface area contributed by atoms with Gasteiger partial charge in [-0.05, 0) is 38.5 Å². The second-order valence-electron chi connectivity index (χ2n) is 16.8.